The first-order valence-corrected chi connectivity index (χ1v) is 10.5. The lowest BCUT2D eigenvalue weighted by Crippen LogP contribution is -2.32. The molecule has 0 unspecified atom stereocenters. The van der Waals surface area contributed by atoms with E-state index in [-0.39, 0.29) is 5.70 Å². The van der Waals surface area contributed by atoms with E-state index in [0.717, 1.165) is 28.1 Å². The number of anilines is 2. The molecular formula is C27H23N3O2. The van der Waals surface area contributed by atoms with Crippen LogP contribution in [-0.2, 0) is 16.0 Å². The number of hydrogen-bond acceptors (Lipinski definition) is 4. The zero-order valence-electron chi connectivity index (χ0n) is 18.3. The zero-order chi connectivity index (χ0) is 22.8. The maximum Gasteiger partial charge on any atom is 0.282 e. The third kappa shape index (κ3) is 3.79. The van der Waals surface area contributed by atoms with Crippen LogP contribution in [-0.4, -0.2) is 11.8 Å². The average Bonchev–Trinajstić information content (AvgIpc) is 3.05. The van der Waals surface area contributed by atoms with Crippen LogP contribution < -0.4 is 10.2 Å². The van der Waals surface area contributed by atoms with E-state index in [9.17, 15) is 9.59 Å². The van der Waals surface area contributed by atoms with Gasteiger partial charge < -0.3 is 5.32 Å². The van der Waals surface area contributed by atoms with Crippen LogP contribution >= 0.6 is 0 Å². The van der Waals surface area contributed by atoms with E-state index in [1.165, 1.54) is 5.56 Å². The molecule has 32 heavy (non-hydrogen) atoms. The van der Waals surface area contributed by atoms with Crippen LogP contribution in [0.3, 0.4) is 0 Å². The van der Waals surface area contributed by atoms with Gasteiger partial charge in [0.2, 0.25) is 0 Å². The normalized spacial score (nSPS) is 13.5. The third-order valence-electron chi connectivity index (χ3n) is 5.77. The van der Waals surface area contributed by atoms with Crippen molar-refractivity contribution in [2.75, 3.05) is 10.2 Å². The van der Waals surface area contributed by atoms with E-state index < -0.39 is 11.8 Å². The van der Waals surface area contributed by atoms with Crippen LogP contribution in [0.4, 0.5) is 11.4 Å². The van der Waals surface area contributed by atoms with Crippen molar-refractivity contribution in [2.45, 2.75) is 27.2 Å². The number of rotatable bonds is 5. The van der Waals surface area contributed by atoms with E-state index >= 15 is 0 Å². The number of amides is 2. The molecule has 0 bridgehead atoms. The molecule has 1 aliphatic rings. The number of benzene rings is 3. The Morgan fingerprint density at radius 1 is 0.875 bits per heavy atom. The first-order valence-electron chi connectivity index (χ1n) is 10.5. The van der Waals surface area contributed by atoms with Gasteiger partial charge in [-0.25, -0.2) is 4.90 Å². The molecule has 5 nitrogen and oxygen atoms in total. The summed E-state index contributed by atoms with van der Waals surface area (Å²) in [5.41, 5.74) is 6.24. The standard InChI is InChI=1S/C27H23N3O2/c1-4-19-6-11-22(12-7-19)29-25-24(21-10-5-17(2)18(3)15-21)26(31)30(27(25)32)23-13-8-20(16-28)9-14-23/h5-15,29H,4H2,1-3H3. The molecule has 0 saturated heterocycles. The quantitative estimate of drug-likeness (QED) is 0.580. The summed E-state index contributed by atoms with van der Waals surface area (Å²) >= 11 is 0. The highest BCUT2D eigenvalue weighted by Gasteiger charge is 2.40. The van der Waals surface area contributed by atoms with Crippen molar-refractivity contribution in [3.8, 4) is 6.07 Å². The molecule has 158 valence electrons. The SMILES string of the molecule is CCc1ccc(NC2=C(c3ccc(C)c(C)c3)C(=O)N(c3ccc(C#N)cc3)C2=O)cc1. The molecule has 3 aromatic carbocycles. The Morgan fingerprint density at radius 2 is 1.56 bits per heavy atom. The third-order valence-corrected chi connectivity index (χ3v) is 5.77. The highest BCUT2D eigenvalue weighted by Crippen LogP contribution is 2.34. The Hall–Kier alpha value is -4.17. The molecule has 0 fully saturated rings. The van der Waals surface area contributed by atoms with Crippen molar-refractivity contribution in [1.29, 1.82) is 5.26 Å². The summed E-state index contributed by atoms with van der Waals surface area (Å²) in [6, 6.07) is 22.0. The smallest absolute Gasteiger partial charge is 0.282 e. The Balaban J connectivity index is 1.80. The molecule has 1 aliphatic heterocycles. The van der Waals surface area contributed by atoms with Crippen LogP contribution in [0.2, 0.25) is 0 Å². The van der Waals surface area contributed by atoms with Gasteiger partial charge in [0.05, 0.1) is 22.9 Å². The lowest BCUT2D eigenvalue weighted by atomic mass is 9.99. The largest absolute Gasteiger partial charge is 0.350 e. The average molecular weight is 422 g/mol. The maximum absolute atomic E-state index is 13.5. The lowest BCUT2D eigenvalue weighted by molar-refractivity contribution is -0.120. The second kappa shape index (κ2) is 8.52. The van der Waals surface area contributed by atoms with E-state index in [2.05, 4.69) is 18.3 Å². The molecule has 2 amide bonds. The van der Waals surface area contributed by atoms with Gasteiger partial charge in [0.15, 0.2) is 0 Å². The Bertz CT molecular complexity index is 1280. The van der Waals surface area contributed by atoms with Gasteiger partial charge in [-0.3, -0.25) is 9.59 Å². The first kappa shape index (κ1) is 21.1. The summed E-state index contributed by atoms with van der Waals surface area (Å²) in [7, 11) is 0. The Kier molecular flexibility index (Phi) is 5.61. The summed E-state index contributed by atoms with van der Waals surface area (Å²) in [6.07, 6.45) is 0.917. The van der Waals surface area contributed by atoms with Crippen molar-refractivity contribution in [1.82, 2.24) is 0 Å². The highest BCUT2D eigenvalue weighted by atomic mass is 16.2. The van der Waals surface area contributed by atoms with Gasteiger partial charge in [0, 0.05) is 5.69 Å². The molecule has 0 atom stereocenters. The van der Waals surface area contributed by atoms with Gasteiger partial charge in [0.25, 0.3) is 11.8 Å². The van der Waals surface area contributed by atoms with Gasteiger partial charge >= 0.3 is 0 Å². The van der Waals surface area contributed by atoms with Gasteiger partial charge in [-0.05, 0) is 78.9 Å². The minimum absolute atomic E-state index is 0.242. The fourth-order valence-electron chi connectivity index (χ4n) is 3.70. The maximum atomic E-state index is 13.5. The van der Waals surface area contributed by atoms with Crippen molar-refractivity contribution in [3.63, 3.8) is 0 Å². The topological polar surface area (TPSA) is 73.2 Å². The molecule has 1 N–H and O–H groups in total. The summed E-state index contributed by atoms with van der Waals surface area (Å²) in [6.45, 7) is 6.07. The van der Waals surface area contributed by atoms with Gasteiger partial charge in [0.1, 0.15) is 5.70 Å². The number of nitriles is 1. The molecule has 3 aromatic rings. The molecule has 5 heteroatoms. The van der Waals surface area contributed by atoms with Crippen molar-refractivity contribution in [3.05, 3.63) is 100 Å². The van der Waals surface area contributed by atoms with Crippen LogP contribution in [0.25, 0.3) is 5.57 Å². The van der Waals surface area contributed by atoms with E-state index in [1.807, 2.05) is 56.3 Å². The van der Waals surface area contributed by atoms with Crippen LogP contribution in [0.5, 0.6) is 0 Å². The molecular weight excluding hydrogens is 398 g/mol. The molecule has 4 rings (SSSR count). The summed E-state index contributed by atoms with van der Waals surface area (Å²) in [5.74, 6) is -0.817. The minimum Gasteiger partial charge on any atom is -0.350 e. The molecule has 1 heterocycles. The predicted molar refractivity (Wildman–Crippen MR) is 126 cm³/mol. The molecule has 0 spiro atoms. The monoisotopic (exact) mass is 421 g/mol. The van der Waals surface area contributed by atoms with Gasteiger partial charge in [-0.15, -0.1) is 0 Å². The number of aryl methyl sites for hydroxylation is 3. The van der Waals surface area contributed by atoms with Crippen LogP contribution in [0.15, 0.2) is 72.4 Å². The van der Waals surface area contributed by atoms with E-state index in [1.54, 1.807) is 24.3 Å². The Morgan fingerprint density at radius 3 is 2.16 bits per heavy atom. The molecule has 0 aromatic heterocycles. The van der Waals surface area contributed by atoms with E-state index in [0.29, 0.717) is 22.4 Å². The van der Waals surface area contributed by atoms with Crippen LogP contribution in [0.1, 0.15) is 34.7 Å². The highest BCUT2D eigenvalue weighted by molar-refractivity contribution is 6.46. The number of carbonyl (C=O) groups is 2. The Labute approximate surface area is 187 Å². The second-order valence-corrected chi connectivity index (χ2v) is 7.83. The lowest BCUT2D eigenvalue weighted by Gasteiger charge is -2.15. The number of nitrogens with one attached hydrogen (secondary N) is 1. The van der Waals surface area contributed by atoms with Gasteiger partial charge in [-0.1, -0.05) is 37.3 Å². The zero-order valence-corrected chi connectivity index (χ0v) is 18.3. The summed E-state index contributed by atoms with van der Waals surface area (Å²) < 4.78 is 0. The first-order chi connectivity index (χ1) is 15.4. The van der Waals surface area contributed by atoms with E-state index in [4.69, 9.17) is 5.26 Å². The van der Waals surface area contributed by atoms with Crippen molar-refractivity contribution >= 4 is 28.8 Å². The number of hydrogen-bond donors (Lipinski definition) is 1. The number of carbonyl (C=O) groups excluding carboxylic acids is 2. The summed E-state index contributed by atoms with van der Waals surface area (Å²) in [5, 5.41) is 12.3. The van der Waals surface area contributed by atoms with Gasteiger partial charge in [-0.2, -0.15) is 5.26 Å². The fourth-order valence-corrected chi connectivity index (χ4v) is 3.70. The van der Waals surface area contributed by atoms with Crippen LogP contribution in [0, 0.1) is 25.2 Å². The minimum atomic E-state index is -0.424. The summed E-state index contributed by atoms with van der Waals surface area (Å²) in [4.78, 5) is 28.1. The predicted octanol–water partition coefficient (Wildman–Crippen LogP) is 5.13. The molecule has 0 aliphatic carbocycles. The molecule has 0 saturated carbocycles. The van der Waals surface area contributed by atoms with Crippen molar-refractivity contribution < 1.29 is 9.59 Å². The number of imide groups is 1. The second-order valence-electron chi connectivity index (χ2n) is 7.83. The fraction of sp³-hybridized carbons (Fsp3) is 0.148. The van der Waals surface area contributed by atoms with Crippen molar-refractivity contribution in [2.24, 2.45) is 0 Å². The molecule has 0 radical (unpaired) electrons. The number of nitrogens with zero attached hydrogens (tertiary/aromatic N) is 2.